The molecule has 1 N–H and O–H groups in total. The van der Waals surface area contributed by atoms with Crippen LogP contribution in [0, 0.1) is 18.3 Å². The zero-order valence-electron chi connectivity index (χ0n) is 14.2. The molecule has 2 aliphatic rings. The molecule has 0 radical (unpaired) electrons. The minimum absolute atomic E-state index is 0.0260. The van der Waals surface area contributed by atoms with Gasteiger partial charge in [0.05, 0.1) is 5.92 Å². The summed E-state index contributed by atoms with van der Waals surface area (Å²) < 4.78 is 0. The molecule has 1 atom stereocenters. The molecule has 0 spiro atoms. The minimum Gasteiger partial charge on any atom is -0.358 e. The number of rotatable bonds is 5. The van der Waals surface area contributed by atoms with Crippen molar-refractivity contribution < 1.29 is 14.4 Å². The number of nitrogens with one attached hydrogen (secondary N) is 1. The molecular formula is C19H21N3O3. The summed E-state index contributed by atoms with van der Waals surface area (Å²) in [5.41, 5.74) is 1.20. The van der Waals surface area contributed by atoms with E-state index in [4.69, 9.17) is 6.42 Å². The summed E-state index contributed by atoms with van der Waals surface area (Å²) in [6.45, 7) is 0.332. The van der Waals surface area contributed by atoms with Crippen LogP contribution in [-0.4, -0.2) is 48.8 Å². The van der Waals surface area contributed by atoms with Crippen LogP contribution in [0.3, 0.4) is 0 Å². The van der Waals surface area contributed by atoms with Gasteiger partial charge in [0.15, 0.2) is 0 Å². The van der Waals surface area contributed by atoms with Crippen LogP contribution in [0.4, 0.5) is 5.69 Å². The summed E-state index contributed by atoms with van der Waals surface area (Å²) in [6, 6.07) is 7.26. The number of terminal acetylenes is 1. The molecule has 1 unspecified atom stereocenters. The Morgan fingerprint density at radius 1 is 1.40 bits per heavy atom. The maximum atomic E-state index is 13.0. The summed E-state index contributed by atoms with van der Waals surface area (Å²) in [7, 11) is 1.52. The van der Waals surface area contributed by atoms with Gasteiger partial charge in [0, 0.05) is 37.3 Å². The highest BCUT2D eigenvalue weighted by atomic mass is 16.2. The molecule has 6 nitrogen and oxygen atoms in total. The predicted molar refractivity (Wildman–Crippen MR) is 93.6 cm³/mol. The standard InChI is InChI=1S/C19H21N3O3/c1-3-13-5-4-6-16(9-13)22(12-17(23)20-2)19(25)14-10-18(24)21(11-14)15-7-8-15/h1,4-6,9,14-15H,7-8,10-12H2,2H3,(H,20,23). The van der Waals surface area contributed by atoms with Gasteiger partial charge in [0.2, 0.25) is 17.7 Å². The van der Waals surface area contributed by atoms with E-state index >= 15 is 0 Å². The highest BCUT2D eigenvalue weighted by Gasteiger charge is 2.43. The van der Waals surface area contributed by atoms with Crippen molar-refractivity contribution in [3.63, 3.8) is 0 Å². The van der Waals surface area contributed by atoms with Gasteiger partial charge in [0.1, 0.15) is 6.54 Å². The number of nitrogens with zero attached hydrogens (tertiary/aromatic N) is 2. The first-order valence-corrected chi connectivity index (χ1v) is 8.41. The zero-order chi connectivity index (χ0) is 18.0. The van der Waals surface area contributed by atoms with Crippen LogP contribution >= 0.6 is 0 Å². The molecule has 25 heavy (non-hydrogen) atoms. The van der Waals surface area contributed by atoms with E-state index in [0.717, 1.165) is 12.8 Å². The number of likely N-dealkylation sites (tertiary alicyclic amines) is 1. The summed E-state index contributed by atoms with van der Waals surface area (Å²) >= 11 is 0. The first-order valence-electron chi connectivity index (χ1n) is 8.41. The number of anilines is 1. The van der Waals surface area contributed by atoms with Crippen LogP contribution in [0.15, 0.2) is 24.3 Å². The second kappa shape index (κ2) is 6.98. The topological polar surface area (TPSA) is 69.7 Å². The van der Waals surface area contributed by atoms with E-state index in [1.165, 1.54) is 11.9 Å². The Labute approximate surface area is 147 Å². The molecule has 1 aromatic rings. The van der Waals surface area contributed by atoms with Gasteiger partial charge in [-0.25, -0.2) is 0 Å². The highest BCUT2D eigenvalue weighted by Crippen LogP contribution is 2.33. The van der Waals surface area contributed by atoms with Gasteiger partial charge in [-0.05, 0) is 31.0 Å². The Balaban J connectivity index is 1.83. The molecule has 6 heteroatoms. The lowest BCUT2D eigenvalue weighted by Crippen LogP contribution is -2.43. The van der Waals surface area contributed by atoms with Crippen molar-refractivity contribution in [2.24, 2.45) is 5.92 Å². The number of carbonyl (C=O) groups excluding carboxylic acids is 3. The van der Waals surface area contributed by atoms with Crippen LogP contribution in [0.1, 0.15) is 24.8 Å². The molecule has 3 rings (SSSR count). The lowest BCUT2D eigenvalue weighted by atomic mass is 10.1. The molecule has 1 saturated heterocycles. The van der Waals surface area contributed by atoms with Crippen molar-refractivity contribution in [3.05, 3.63) is 29.8 Å². The Bertz CT molecular complexity index is 749. The fourth-order valence-corrected chi connectivity index (χ4v) is 3.14. The summed E-state index contributed by atoms with van der Waals surface area (Å²) in [5, 5.41) is 2.53. The summed E-state index contributed by atoms with van der Waals surface area (Å²) in [5.74, 6) is 1.65. The first-order chi connectivity index (χ1) is 12.0. The van der Waals surface area contributed by atoms with Crippen molar-refractivity contribution in [1.29, 1.82) is 0 Å². The average molecular weight is 339 g/mol. The number of likely N-dealkylation sites (N-methyl/N-ethyl adjacent to an activating group) is 1. The van der Waals surface area contributed by atoms with Crippen molar-refractivity contribution in [3.8, 4) is 12.3 Å². The van der Waals surface area contributed by atoms with Gasteiger partial charge in [-0.15, -0.1) is 6.42 Å². The van der Waals surface area contributed by atoms with Gasteiger partial charge in [-0.3, -0.25) is 14.4 Å². The number of benzene rings is 1. The second-order valence-electron chi connectivity index (χ2n) is 6.47. The van der Waals surface area contributed by atoms with Gasteiger partial charge in [0.25, 0.3) is 0 Å². The molecular weight excluding hydrogens is 318 g/mol. The van der Waals surface area contributed by atoms with Crippen molar-refractivity contribution in [2.45, 2.75) is 25.3 Å². The Kier molecular flexibility index (Phi) is 4.75. The van der Waals surface area contributed by atoms with Crippen LogP contribution in [0.25, 0.3) is 0 Å². The van der Waals surface area contributed by atoms with Gasteiger partial charge >= 0.3 is 0 Å². The third-order valence-electron chi connectivity index (χ3n) is 4.67. The number of amides is 3. The number of hydrogen-bond acceptors (Lipinski definition) is 3. The normalized spacial score (nSPS) is 19.4. The molecule has 130 valence electrons. The van der Waals surface area contributed by atoms with E-state index in [0.29, 0.717) is 23.8 Å². The largest absolute Gasteiger partial charge is 0.358 e. The molecule has 3 amide bonds. The maximum Gasteiger partial charge on any atom is 0.239 e. The number of hydrogen-bond donors (Lipinski definition) is 1. The summed E-state index contributed by atoms with van der Waals surface area (Å²) in [4.78, 5) is 40.3. The van der Waals surface area contributed by atoms with Crippen molar-refractivity contribution in [2.75, 3.05) is 25.0 Å². The zero-order valence-corrected chi connectivity index (χ0v) is 14.2. The first kappa shape index (κ1) is 17.0. The summed E-state index contributed by atoms with van der Waals surface area (Å²) in [6.07, 6.45) is 7.67. The molecule has 1 saturated carbocycles. The molecule has 2 fully saturated rings. The van der Waals surface area contributed by atoms with Crippen molar-refractivity contribution in [1.82, 2.24) is 10.2 Å². The smallest absolute Gasteiger partial charge is 0.239 e. The lowest BCUT2D eigenvalue weighted by Gasteiger charge is -2.25. The van der Waals surface area contributed by atoms with Crippen LogP contribution in [0.2, 0.25) is 0 Å². The minimum atomic E-state index is -0.424. The fourth-order valence-electron chi connectivity index (χ4n) is 3.14. The van der Waals surface area contributed by atoms with E-state index < -0.39 is 5.92 Å². The van der Waals surface area contributed by atoms with E-state index in [1.54, 1.807) is 29.2 Å². The third-order valence-corrected chi connectivity index (χ3v) is 4.67. The highest BCUT2D eigenvalue weighted by molar-refractivity contribution is 6.02. The van der Waals surface area contributed by atoms with Crippen LogP contribution < -0.4 is 10.2 Å². The molecule has 1 aliphatic heterocycles. The number of carbonyl (C=O) groups is 3. The fraction of sp³-hybridized carbons (Fsp3) is 0.421. The Morgan fingerprint density at radius 2 is 2.16 bits per heavy atom. The SMILES string of the molecule is C#Cc1cccc(N(CC(=O)NC)C(=O)C2CC(=O)N(C3CC3)C2)c1. The third kappa shape index (κ3) is 3.66. The average Bonchev–Trinajstić information content (AvgIpc) is 3.40. The Hall–Kier alpha value is -2.81. The monoisotopic (exact) mass is 339 g/mol. The molecule has 0 aromatic heterocycles. The second-order valence-corrected chi connectivity index (χ2v) is 6.47. The molecule has 1 heterocycles. The van der Waals surface area contributed by atoms with E-state index in [9.17, 15) is 14.4 Å². The predicted octanol–water partition coefficient (Wildman–Crippen LogP) is 0.758. The van der Waals surface area contributed by atoms with E-state index in [-0.39, 0.29) is 30.7 Å². The van der Waals surface area contributed by atoms with Crippen LogP contribution in [-0.2, 0) is 14.4 Å². The van der Waals surface area contributed by atoms with Gasteiger partial charge in [-0.1, -0.05) is 12.0 Å². The quantitative estimate of drug-likeness (QED) is 0.805. The lowest BCUT2D eigenvalue weighted by molar-refractivity contribution is -0.129. The van der Waals surface area contributed by atoms with E-state index in [2.05, 4.69) is 11.2 Å². The van der Waals surface area contributed by atoms with E-state index in [1.807, 2.05) is 0 Å². The van der Waals surface area contributed by atoms with Gasteiger partial charge < -0.3 is 15.1 Å². The van der Waals surface area contributed by atoms with Crippen LogP contribution in [0.5, 0.6) is 0 Å². The molecule has 1 aliphatic carbocycles. The Morgan fingerprint density at radius 3 is 2.80 bits per heavy atom. The maximum absolute atomic E-state index is 13.0. The molecule has 1 aromatic carbocycles. The van der Waals surface area contributed by atoms with Gasteiger partial charge in [-0.2, -0.15) is 0 Å². The molecule has 0 bridgehead atoms. The van der Waals surface area contributed by atoms with Crippen molar-refractivity contribution >= 4 is 23.4 Å².